The highest BCUT2D eigenvalue weighted by Gasteiger charge is 2.04. The van der Waals surface area contributed by atoms with Crippen molar-refractivity contribution in [3.63, 3.8) is 0 Å². The predicted octanol–water partition coefficient (Wildman–Crippen LogP) is 5.06. The van der Waals surface area contributed by atoms with E-state index in [4.69, 9.17) is 4.99 Å². The van der Waals surface area contributed by atoms with Crippen molar-refractivity contribution in [2.75, 3.05) is 0 Å². The van der Waals surface area contributed by atoms with Crippen molar-refractivity contribution in [1.82, 2.24) is 0 Å². The van der Waals surface area contributed by atoms with E-state index in [0.717, 1.165) is 11.4 Å². The summed E-state index contributed by atoms with van der Waals surface area (Å²) in [5, 5.41) is 0. The molecule has 0 aliphatic rings. The summed E-state index contributed by atoms with van der Waals surface area (Å²) in [6, 6.07) is 12.9. The minimum Gasteiger partial charge on any atom is -0.253 e. The maximum Gasteiger partial charge on any atom is 0.0691 e. The van der Waals surface area contributed by atoms with E-state index < -0.39 is 0 Å². The van der Waals surface area contributed by atoms with Gasteiger partial charge in [-0.3, -0.25) is 4.99 Å². The molecule has 1 heteroatoms. The molecule has 0 saturated carbocycles. The first-order valence-electron chi connectivity index (χ1n) is 6.67. The van der Waals surface area contributed by atoms with Gasteiger partial charge in [-0.2, -0.15) is 0 Å². The van der Waals surface area contributed by atoms with Gasteiger partial charge in [-0.15, -0.1) is 0 Å². The van der Waals surface area contributed by atoms with E-state index in [1.165, 1.54) is 27.8 Å². The molecule has 2 aromatic carbocycles. The fourth-order valence-corrected chi connectivity index (χ4v) is 2.38. The van der Waals surface area contributed by atoms with Gasteiger partial charge in [-0.25, -0.2) is 0 Å². The average molecular weight is 251 g/mol. The van der Waals surface area contributed by atoms with Gasteiger partial charge in [0, 0.05) is 5.71 Å². The second-order valence-corrected chi connectivity index (χ2v) is 5.31. The van der Waals surface area contributed by atoms with Crippen LogP contribution >= 0.6 is 0 Å². The van der Waals surface area contributed by atoms with Gasteiger partial charge in [0.2, 0.25) is 0 Å². The van der Waals surface area contributed by atoms with Crippen LogP contribution in [0.2, 0.25) is 0 Å². The number of aryl methyl sites for hydroxylation is 4. The van der Waals surface area contributed by atoms with Crippen LogP contribution in [0, 0.1) is 27.7 Å². The van der Waals surface area contributed by atoms with E-state index in [9.17, 15) is 0 Å². The Morgan fingerprint density at radius 2 is 1.32 bits per heavy atom. The third kappa shape index (κ3) is 3.11. The van der Waals surface area contributed by atoms with Crippen LogP contribution in [0.15, 0.2) is 41.4 Å². The molecule has 0 aliphatic carbocycles. The molecular weight excluding hydrogens is 230 g/mol. The molecule has 1 nitrogen and oxygen atoms in total. The Hall–Kier alpha value is -1.89. The molecule has 0 bridgehead atoms. The molecule has 0 amide bonds. The van der Waals surface area contributed by atoms with E-state index in [0.29, 0.717) is 0 Å². The van der Waals surface area contributed by atoms with Crippen LogP contribution in [-0.2, 0) is 0 Å². The number of nitrogens with zero attached hydrogens (tertiary/aromatic N) is 1. The zero-order valence-electron chi connectivity index (χ0n) is 12.4. The lowest BCUT2D eigenvalue weighted by molar-refractivity contribution is 1.28. The maximum atomic E-state index is 4.82. The van der Waals surface area contributed by atoms with Gasteiger partial charge < -0.3 is 0 Å². The lowest BCUT2D eigenvalue weighted by Crippen LogP contribution is -1.95. The smallest absolute Gasteiger partial charge is 0.0691 e. The SMILES string of the molecule is CC(=Nc1c(C)cc(C)cc1C)c1ccc(C)cc1. The van der Waals surface area contributed by atoms with Crippen LogP contribution in [0.25, 0.3) is 0 Å². The van der Waals surface area contributed by atoms with Crippen molar-refractivity contribution in [3.05, 3.63) is 64.2 Å². The van der Waals surface area contributed by atoms with Crippen LogP contribution < -0.4 is 0 Å². The number of rotatable bonds is 2. The second-order valence-electron chi connectivity index (χ2n) is 5.31. The minimum atomic E-state index is 1.06. The van der Waals surface area contributed by atoms with Gasteiger partial charge in [0.15, 0.2) is 0 Å². The molecule has 0 unspecified atom stereocenters. The summed E-state index contributed by atoms with van der Waals surface area (Å²) in [5.41, 5.74) is 8.40. The van der Waals surface area contributed by atoms with E-state index in [-0.39, 0.29) is 0 Å². The van der Waals surface area contributed by atoms with Crippen LogP contribution in [0.5, 0.6) is 0 Å². The highest BCUT2D eigenvalue weighted by atomic mass is 14.8. The first-order valence-corrected chi connectivity index (χ1v) is 6.67. The molecule has 19 heavy (non-hydrogen) atoms. The molecule has 0 spiro atoms. The average Bonchev–Trinajstić information content (AvgIpc) is 2.34. The zero-order valence-corrected chi connectivity index (χ0v) is 12.4. The molecule has 0 aromatic heterocycles. The summed E-state index contributed by atoms with van der Waals surface area (Å²) < 4.78 is 0. The summed E-state index contributed by atoms with van der Waals surface area (Å²) in [4.78, 5) is 4.82. The summed E-state index contributed by atoms with van der Waals surface area (Å²) >= 11 is 0. The van der Waals surface area contributed by atoms with E-state index in [1.807, 2.05) is 0 Å². The largest absolute Gasteiger partial charge is 0.253 e. The molecule has 2 aromatic rings. The quantitative estimate of drug-likeness (QED) is 0.661. The number of hydrogen-bond acceptors (Lipinski definition) is 1. The Kier molecular flexibility index (Phi) is 3.84. The van der Waals surface area contributed by atoms with E-state index >= 15 is 0 Å². The summed E-state index contributed by atoms with van der Waals surface area (Å²) in [5.74, 6) is 0. The van der Waals surface area contributed by atoms with Crippen molar-refractivity contribution in [1.29, 1.82) is 0 Å². The Bertz CT molecular complexity index is 596. The fourth-order valence-electron chi connectivity index (χ4n) is 2.38. The second kappa shape index (κ2) is 5.40. The Balaban J connectivity index is 2.43. The lowest BCUT2D eigenvalue weighted by atomic mass is 10.0. The van der Waals surface area contributed by atoms with Gasteiger partial charge in [0.05, 0.1) is 5.69 Å². The minimum absolute atomic E-state index is 1.06. The van der Waals surface area contributed by atoms with Crippen LogP contribution in [0.4, 0.5) is 5.69 Å². The number of aliphatic imine (C=N–C) groups is 1. The molecule has 98 valence electrons. The normalized spacial score (nSPS) is 11.7. The van der Waals surface area contributed by atoms with E-state index in [1.54, 1.807) is 0 Å². The highest BCUT2D eigenvalue weighted by molar-refractivity contribution is 6.00. The third-order valence-electron chi connectivity index (χ3n) is 3.38. The maximum absolute atomic E-state index is 4.82. The Labute approximate surface area is 116 Å². The van der Waals surface area contributed by atoms with Crippen LogP contribution in [0.3, 0.4) is 0 Å². The van der Waals surface area contributed by atoms with Crippen molar-refractivity contribution in [3.8, 4) is 0 Å². The summed E-state index contributed by atoms with van der Waals surface area (Å²) in [6.07, 6.45) is 0. The molecule has 0 N–H and O–H groups in total. The molecule has 0 fully saturated rings. The van der Waals surface area contributed by atoms with Gasteiger partial charge in [-0.1, -0.05) is 47.5 Å². The third-order valence-corrected chi connectivity index (χ3v) is 3.38. The van der Waals surface area contributed by atoms with Crippen molar-refractivity contribution < 1.29 is 0 Å². The fraction of sp³-hybridized carbons (Fsp3) is 0.278. The molecule has 0 saturated heterocycles. The Morgan fingerprint density at radius 3 is 1.84 bits per heavy atom. The van der Waals surface area contributed by atoms with Gasteiger partial charge in [0.1, 0.15) is 0 Å². The Morgan fingerprint density at radius 1 is 0.789 bits per heavy atom. The standard InChI is InChI=1S/C18H21N/c1-12-6-8-17(9-7-12)16(5)19-18-14(3)10-13(2)11-15(18)4/h6-11H,1-5H3. The van der Waals surface area contributed by atoms with Crippen molar-refractivity contribution in [2.24, 2.45) is 4.99 Å². The van der Waals surface area contributed by atoms with Crippen molar-refractivity contribution >= 4 is 11.4 Å². The number of hydrogen-bond donors (Lipinski definition) is 0. The molecule has 0 atom stereocenters. The molecule has 0 aliphatic heterocycles. The first-order chi connectivity index (χ1) is 8.97. The highest BCUT2D eigenvalue weighted by Crippen LogP contribution is 2.26. The van der Waals surface area contributed by atoms with Crippen LogP contribution in [-0.4, -0.2) is 5.71 Å². The molecule has 2 rings (SSSR count). The van der Waals surface area contributed by atoms with Crippen LogP contribution in [0.1, 0.15) is 34.7 Å². The molecule has 0 heterocycles. The van der Waals surface area contributed by atoms with E-state index in [2.05, 4.69) is 71.0 Å². The number of benzene rings is 2. The topological polar surface area (TPSA) is 12.4 Å². The lowest BCUT2D eigenvalue weighted by Gasteiger charge is -2.09. The summed E-state index contributed by atoms with van der Waals surface area (Å²) in [7, 11) is 0. The zero-order chi connectivity index (χ0) is 14.0. The predicted molar refractivity (Wildman–Crippen MR) is 83.7 cm³/mol. The van der Waals surface area contributed by atoms with Gasteiger partial charge >= 0.3 is 0 Å². The molecular formula is C18H21N. The monoisotopic (exact) mass is 251 g/mol. The van der Waals surface area contributed by atoms with Gasteiger partial charge in [0.25, 0.3) is 0 Å². The van der Waals surface area contributed by atoms with Crippen molar-refractivity contribution in [2.45, 2.75) is 34.6 Å². The summed E-state index contributed by atoms with van der Waals surface area (Å²) in [6.45, 7) is 10.6. The molecule has 0 radical (unpaired) electrons. The first kappa shape index (κ1) is 13.5. The van der Waals surface area contributed by atoms with Gasteiger partial charge in [-0.05, 0) is 51.3 Å².